The van der Waals surface area contributed by atoms with Gasteiger partial charge < -0.3 is 20.2 Å². The summed E-state index contributed by atoms with van der Waals surface area (Å²) in [5.74, 6) is 0.0965. The standard InChI is InChI=1S/C17H26FN3O2/c1-20(16-6-3-2-5-15(16)18)10-4-9-19-17(23)21-11-7-14(13-22)8-12-21/h2-3,5-6,14,22H,4,7-13H2,1H3,(H,19,23). The summed E-state index contributed by atoms with van der Waals surface area (Å²) in [5, 5.41) is 12.0. The number of rotatable bonds is 6. The lowest BCUT2D eigenvalue weighted by Crippen LogP contribution is -2.45. The van der Waals surface area contributed by atoms with Gasteiger partial charge in [-0.15, -0.1) is 0 Å². The van der Waals surface area contributed by atoms with Gasteiger partial charge in [-0.1, -0.05) is 12.1 Å². The molecule has 2 amide bonds. The van der Waals surface area contributed by atoms with Crippen molar-refractivity contribution in [3.8, 4) is 0 Å². The number of urea groups is 1. The van der Waals surface area contributed by atoms with Crippen LogP contribution in [0.1, 0.15) is 19.3 Å². The summed E-state index contributed by atoms with van der Waals surface area (Å²) < 4.78 is 13.6. The van der Waals surface area contributed by atoms with Crippen LogP contribution in [0, 0.1) is 11.7 Å². The van der Waals surface area contributed by atoms with Crippen LogP contribution in [0.5, 0.6) is 0 Å². The molecule has 23 heavy (non-hydrogen) atoms. The van der Waals surface area contributed by atoms with Crippen molar-refractivity contribution in [3.63, 3.8) is 0 Å². The molecule has 128 valence electrons. The van der Waals surface area contributed by atoms with Crippen molar-refractivity contribution < 1.29 is 14.3 Å². The van der Waals surface area contributed by atoms with Crippen molar-refractivity contribution in [3.05, 3.63) is 30.1 Å². The number of aliphatic hydroxyl groups excluding tert-OH is 1. The molecule has 1 aliphatic rings. The molecule has 0 spiro atoms. The highest BCUT2D eigenvalue weighted by molar-refractivity contribution is 5.74. The maximum absolute atomic E-state index is 13.6. The van der Waals surface area contributed by atoms with E-state index in [0.717, 1.165) is 19.3 Å². The summed E-state index contributed by atoms with van der Waals surface area (Å²) in [7, 11) is 1.85. The van der Waals surface area contributed by atoms with E-state index in [2.05, 4.69) is 5.32 Å². The van der Waals surface area contributed by atoms with Gasteiger partial charge in [0, 0.05) is 39.8 Å². The lowest BCUT2D eigenvalue weighted by molar-refractivity contribution is 0.137. The van der Waals surface area contributed by atoms with Crippen LogP contribution in [0.4, 0.5) is 14.9 Å². The van der Waals surface area contributed by atoms with Crippen molar-refractivity contribution in [2.24, 2.45) is 5.92 Å². The fourth-order valence-corrected chi connectivity index (χ4v) is 2.82. The first-order chi connectivity index (χ1) is 11.1. The molecule has 1 aromatic carbocycles. The normalized spacial score (nSPS) is 15.5. The third-order valence-corrected chi connectivity index (χ3v) is 4.37. The van der Waals surface area contributed by atoms with Gasteiger partial charge in [-0.3, -0.25) is 0 Å². The summed E-state index contributed by atoms with van der Waals surface area (Å²) in [5.41, 5.74) is 0.574. The van der Waals surface area contributed by atoms with E-state index in [4.69, 9.17) is 5.11 Å². The highest BCUT2D eigenvalue weighted by atomic mass is 19.1. The van der Waals surface area contributed by atoms with Crippen LogP contribution in [-0.2, 0) is 0 Å². The minimum Gasteiger partial charge on any atom is -0.396 e. The minimum absolute atomic E-state index is 0.0464. The highest BCUT2D eigenvalue weighted by Crippen LogP contribution is 2.17. The number of carbonyl (C=O) groups excluding carboxylic acids is 1. The predicted octanol–water partition coefficient (Wildman–Crippen LogP) is 2.07. The maximum Gasteiger partial charge on any atom is 0.317 e. The second kappa shape index (κ2) is 8.72. The zero-order valence-corrected chi connectivity index (χ0v) is 13.7. The largest absolute Gasteiger partial charge is 0.396 e. The van der Waals surface area contributed by atoms with E-state index in [-0.39, 0.29) is 18.5 Å². The number of para-hydroxylation sites is 1. The van der Waals surface area contributed by atoms with Crippen molar-refractivity contribution >= 4 is 11.7 Å². The van der Waals surface area contributed by atoms with Crippen LogP contribution in [-0.4, -0.2) is 55.9 Å². The van der Waals surface area contributed by atoms with Gasteiger partial charge in [0.1, 0.15) is 5.82 Å². The summed E-state index contributed by atoms with van der Waals surface area (Å²) >= 11 is 0. The molecule has 2 N–H and O–H groups in total. The van der Waals surface area contributed by atoms with Crippen molar-refractivity contribution in [1.29, 1.82) is 0 Å². The number of likely N-dealkylation sites (tertiary alicyclic amines) is 1. The Hall–Kier alpha value is -1.82. The fraction of sp³-hybridized carbons (Fsp3) is 0.588. The molecular weight excluding hydrogens is 297 g/mol. The SMILES string of the molecule is CN(CCCNC(=O)N1CCC(CO)CC1)c1ccccc1F. The van der Waals surface area contributed by atoms with E-state index in [9.17, 15) is 9.18 Å². The quantitative estimate of drug-likeness (QED) is 0.788. The number of halogens is 1. The molecule has 0 saturated carbocycles. The van der Waals surface area contributed by atoms with E-state index in [1.807, 2.05) is 18.0 Å². The van der Waals surface area contributed by atoms with Gasteiger partial charge >= 0.3 is 6.03 Å². The van der Waals surface area contributed by atoms with Crippen LogP contribution in [0.3, 0.4) is 0 Å². The summed E-state index contributed by atoms with van der Waals surface area (Å²) in [6.45, 7) is 2.85. The Kier molecular flexibility index (Phi) is 6.65. The van der Waals surface area contributed by atoms with Gasteiger partial charge in [0.25, 0.3) is 0 Å². The van der Waals surface area contributed by atoms with Crippen molar-refractivity contribution in [2.75, 3.05) is 44.7 Å². The third kappa shape index (κ3) is 5.10. The summed E-state index contributed by atoms with van der Waals surface area (Å²) in [4.78, 5) is 15.7. The Labute approximate surface area is 137 Å². The van der Waals surface area contributed by atoms with Crippen molar-refractivity contribution in [1.82, 2.24) is 10.2 Å². The zero-order chi connectivity index (χ0) is 16.7. The van der Waals surface area contributed by atoms with Gasteiger partial charge in [-0.2, -0.15) is 0 Å². The summed E-state index contributed by atoms with van der Waals surface area (Å²) in [6.07, 6.45) is 2.48. The molecule has 5 nitrogen and oxygen atoms in total. The minimum atomic E-state index is -0.231. The molecule has 0 aliphatic carbocycles. The van der Waals surface area contributed by atoms with Crippen LogP contribution < -0.4 is 10.2 Å². The van der Waals surface area contributed by atoms with Crippen molar-refractivity contribution in [2.45, 2.75) is 19.3 Å². The number of piperidine rings is 1. The lowest BCUT2D eigenvalue weighted by atomic mass is 9.98. The number of hydrogen-bond donors (Lipinski definition) is 2. The van der Waals surface area contributed by atoms with E-state index in [0.29, 0.717) is 37.8 Å². The van der Waals surface area contributed by atoms with Gasteiger partial charge in [-0.05, 0) is 37.3 Å². The second-order valence-electron chi connectivity index (χ2n) is 6.07. The van der Waals surface area contributed by atoms with Gasteiger partial charge in [0.15, 0.2) is 0 Å². The van der Waals surface area contributed by atoms with E-state index >= 15 is 0 Å². The molecule has 1 saturated heterocycles. The van der Waals surface area contributed by atoms with E-state index in [1.54, 1.807) is 17.0 Å². The molecule has 1 aliphatic heterocycles. The van der Waals surface area contributed by atoms with E-state index in [1.165, 1.54) is 6.07 Å². The topological polar surface area (TPSA) is 55.8 Å². The molecule has 6 heteroatoms. The van der Waals surface area contributed by atoms with Gasteiger partial charge in [-0.25, -0.2) is 9.18 Å². The smallest absolute Gasteiger partial charge is 0.317 e. The van der Waals surface area contributed by atoms with Crippen LogP contribution in [0.2, 0.25) is 0 Å². The number of anilines is 1. The number of nitrogens with one attached hydrogen (secondary N) is 1. The summed E-state index contributed by atoms with van der Waals surface area (Å²) in [6, 6.07) is 6.64. The Morgan fingerprint density at radius 2 is 2.09 bits per heavy atom. The number of amides is 2. The number of hydrogen-bond acceptors (Lipinski definition) is 3. The first-order valence-corrected chi connectivity index (χ1v) is 8.21. The van der Waals surface area contributed by atoms with Gasteiger partial charge in [0.2, 0.25) is 0 Å². The average Bonchev–Trinajstić information content (AvgIpc) is 2.58. The third-order valence-electron chi connectivity index (χ3n) is 4.37. The molecule has 1 heterocycles. The molecule has 1 aromatic rings. The van der Waals surface area contributed by atoms with Crippen LogP contribution >= 0.6 is 0 Å². The first kappa shape index (κ1) is 17.5. The molecular formula is C17H26FN3O2. The molecule has 0 atom stereocenters. The van der Waals surface area contributed by atoms with Crippen LogP contribution in [0.25, 0.3) is 0 Å². The van der Waals surface area contributed by atoms with Crippen LogP contribution in [0.15, 0.2) is 24.3 Å². The van der Waals surface area contributed by atoms with E-state index < -0.39 is 0 Å². The number of nitrogens with zero attached hydrogens (tertiary/aromatic N) is 2. The number of benzene rings is 1. The predicted molar refractivity (Wildman–Crippen MR) is 89.1 cm³/mol. The van der Waals surface area contributed by atoms with Gasteiger partial charge in [0.05, 0.1) is 5.69 Å². The zero-order valence-electron chi connectivity index (χ0n) is 13.7. The number of carbonyl (C=O) groups is 1. The fourth-order valence-electron chi connectivity index (χ4n) is 2.82. The lowest BCUT2D eigenvalue weighted by Gasteiger charge is -2.31. The molecule has 0 bridgehead atoms. The maximum atomic E-state index is 13.6. The molecule has 2 rings (SSSR count). The first-order valence-electron chi connectivity index (χ1n) is 8.21. The monoisotopic (exact) mass is 323 g/mol. The Morgan fingerprint density at radius 1 is 1.39 bits per heavy atom. The Morgan fingerprint density at radius 3 is 2.74 bits per heavy atom. The molecule has 0 aromatic heterocycles. The Balaban J connectivity index is 1.65. The number of aliphatic hydroxyl groups is 1. The highest BCUT2D eigenvalue weighted by Gasteiger charge is 2.21. The average molecular weight is 323 g/mol. The molecule has 0 radical (unpaired) electrons. The molecule has 1 fully saturated rings. The second-order valence-corrected chi connectivity index (χ2v) is 6.07. The Bertz CT molecular complexity index is 504. The molecule has 0 unspecified atom stereocenters.